The molecule has 1 aromatic carbocycles. The monoisotopic (exact) mass is 304 g/mol. The Morgan fingerprint density at radius 3 is 2.57 bits per heavy atom. The summed E-state index contributed by atoms with van der Waals surface area (Å²) in [4.78, 5) is 24.0. The van der Waals surface area contributed by atoms with Gasteiger partial charge in [-0.05, 0) is 48.6 Å². The average Bonchev–Trinajstić information content (AvgIpc) is 2.84. The molecule has 0 saturated carbocycles. The van der Waals surface area contributed by atoms with Crippen molar-refractivity contribution < 1.29 is 14.7 Å². The zero-order valence-electron chi connectivity index (χ0n) is 11.8. The topological polar surface area (TPSA) is 78.4 Å². The molecule has 3 N–H and O–H groups in total. The molecule has 5 nitrogen and oxygen atoms in total. The lowest BCUT2D eigenvalue weighted by Gasteiger charge is -2.09. The van der Waals surface area contributed by atoms with E-state index in [-0.39, 0.29) is 11.6 Å². The third-order valence-corrected chi connectivity index (χ3v) is 4.13. The number of urea groups is 1. The number of carbonyl (C=O) groups excluding carboxylic acids is 1. The van der Waals surface area contributed by atoms with Gasteiger partial charge in [0.05, 0.1) is 12.1 Å². The minimum absolute atomic E-state index is 0.182. The van der Waals surface area contributed by atoms with Gasteiger partial charge in [0.1, 0.15) is 0 Å². The normalized spacial score (nSPS) is 10.2. The van der Waals surface area contributed by atoms with Crippen LogP contribution in [0.4, 0.5) is 10.5 Å². The Morgan fingerprint density at radius 2 is 1.95 bits per heavy atom. The number of rotatable bonds is 4. The largest absolute Gasteiger partial charge is 0.478 e. The van der Waals surface area contributed by atoms with Gasteiger partial charge in [-0.2, -0.15) is 0 Å². The third-order valence-electron chi connectivity index (χ3n) is 3.10. The van der Waals surface area contributed by atoms with Crippen LogP contribution in [0.5, 0.6) is 0 Å². The fraction of sp³-hybridized carbons (Fsp3) is 0.200. The van der Waals surface area contributed by atoms with E-state index in [1.54, 1.807) is 30.4 Å². The minimum Gasteiger partial charge on any atom is -0.478 e. The summed E-state index contributed by atoms with van der Waals surface area (Å²) >= 11 is 1.59. The molecule has 2 aromatic rings. The maximum atomic E-state index is 11.8. The first kappa shape index (κ1) is 15.1. The van der Waals surface area contributed by atoms with E-state index in [2.05, 4.69) is 10.6 Å². The van der Waals surface area contributed by atoms with Gasteiger partial charge in [-0.1, -0.05) is 6.07 Å². The Hall–Kier alpha value is -2.34. The van der Waals surface area contributed by atoms with E-state index in [9.17, 15) is 9.59 Å². The molecule has 1 aromatic heterocycles. The minimum atomic E-state index is -1.01. The van der Waals surface area contributed by atoms with Crippen LogP contribution < -0.4 is 10.6 Å². The number of carboxylic acid groups (broad SMARTS) is 1. The number of amides is 2. The Morgan fingerprint density at radius 1 is 1.19 bits per heavy atom. The second-order valence-electron chi connectivity index (χ2n) is 4.67. The molecular weight excluding hydrogens is 288 g/mol. The second kappa shape index (κ2) is 6.41. The summed E-state index contributed by atoms with van der Waals surface area (Å²) in [5, 5.41) is 16.4. The maximum absolute atomic E-state index is 11.8. The highest BCUT2D eigenvalue weighted by Gasteiger charge is 2.09. The van der Waals surface area contributed by atoms with E-state index >= 15 is 0 Å². The summed E-state index contributed by atoms with van der Waals surface area (Å²) in [5.41, 5.74) is 2.44. The summed E-state index contributed by atoms with van der Waals surface area (Å²) < 4.78 is 0. The van der Waals surface area contributed by atoms with Crippen LogP contribution in [0.15, 0.2) is 29.6 Å². The van der Waals surface area contributed by atoms with Gasteiger partial charge in [0.25, 0.3) is 0 Å². The van der Waals surface area contributed by atoms with Gasteiger partial charge >= 0.3 is 12.0 Å². The van der Waals surface area contributed by atoms with Crippen LogP contribution in [0.2, 0.25) is 0 Å². The Bertz CT molecular complexity index is 679. The Labute approximate surface area is 126 Å². The van der Waals surface area contributed by atoms with Crippen molar-refractivity contribution in [2.24, 2.45) is 0 Å². The SMILES string of the molecule is Cc1ccc(NC(=O)NCc2sccc2C)cc1C(=O)O. The number of hydrogen-bond donors (Lipinski definition) is 3. The highest BCUT2D eigenvalue weighted by atomic mass is 32.1. The first-order valence-corrected chi connectivity index (χ1v) is 7.27. The highest BCUT2D eigenvalue weighted by Crippen LogP contribution is 2.16. The fourth-order valence-electron chi connectivity index (χ4n) is 1.85. The Balaban J connectivity index is 1.98. The quantitative estimate of drug-likeness (QED) is 0.810. The van der Waals surface area contributed by atoms with E-state index in [4.69, 9.17) is 5.11 Å². The molecule has 2 rings (SSSR count). The van der Waals surface area contributed by atoms with Gasteiger partial charge in [-0.15, -0.1) is 11.3 Å². The summed E-state index contributed by atoms with van der Waals surface area (Å²) in [6, 6.07) is 6.44. The van der Waals surface area contributed by atoms with Gasteiger partial charge in [-0.3, -0.25) is 0 Å². The molecular formula is C15H16N2O3S. The van der Waals surface area contributed by atoms with E-state index < -0.39 is 5.97 Å². The number of carboxylic acids is 1. The van der Waals surface area contributed by atoms with E-state index in [1.807, 2.05) is 18.4 Å². The third kappa shape index (κ3) is 3.82. The molecule has 0 aliphatic carbocycles. The number of aromatic carboxylic acids is 1. The van der Waals surface area contributed by atoms with Crippen molar-refractivity contribution >= 4 is 29.0 Å². The molecule has 0 aliphatic rings. The molecule has 0 saturated heterocycles. The first-order valence-electron chi connectivity index (χ1n) is 6.39. The van der Waals surface area contributed by atoms with Crippen LogP contribution in [-0.4, -0.2) is 17.1 Å². The summed E-state index contributed by atoms with van der Waals surface area (Å²) in [7, 11) is 0. The number of nitrogens with one attached hydrogen (secondary N) is 2. The molecule has 0 atom stereocenters. The first-order chi connectivity index (χ1) is 9.97. The maximum Gasteiger partial charge on any atom is 0.336 e. The van der Waals surface area contributed by atoms with Crippen molar-refractivity contribution in [3.05, 3.63) is 51.2 Å². The number of benzene rings is 1. The van der Waals surface area contributed by atoms with Gasteiger partial charge < -0.3 is 15.7 Å². The second-order valence-corrected chi connectivity index (χ2v) is 5.67. The molecule has 2 amide bonds. The smallest absolute Gasteiger partial charge is 0.336 e. The van der Waals surface area contributed by atoms with Gasteiger partial charge in [0.15, 0.2) is 0 Å². The van der Waals surface area contributed by atoms with Crippen molar-refractivity contribution in [1.82, 2.24) is 5.32 Å². The lowest BCUT2D eigenvalue weighted by Crippen LogP contribution is -2.28. The number of aryl methyl sites for hydroxylation is 2. The summed E-state index contributed by atoms with van der Waals surface area (Å²) in [6.45, 7) is 4.16. The lowest BCUT2D eigenvalue weighted by atomic mass is 10.1. The van der Waals surface area contributed by atoms with Crippen LogP contribution in [0.1, 0.15) is 26.4 Å². The van der Waals surface area contributed by atoms with E-state index in [0.717, 1.165) is 10.4 Å². The standard InChI is InChI=1S/C15H16N2O3S/c1-9-3-4-11(7-12(9)14(18)19)17-15(20)16-8-13-10(2)5-6-21-13/h3-7H,8H2,1-2H3,(H,18,19)(H2,16,17,20). The van der Waals surface area contributed by atoms with Crippen LogP contribution in [0, 0.1) is 13.8 Å². The predicted octanol–water partition coefficient (Wildman–Crippen LogP) is 3.38. The van der Waals surface area contributed by atoms with Crippen molar-refractivity contribution in [2.45, 2.75) is 20.4 Å². The molecule has 0 aliphatic heterocycles. The molecule has 0 fully saturated rings. The number of thiophene rings is 1. The van der Waals surface area contributed by atoms with Crippen molar-refractivity contribution in [3.63, 3.8) is 0 Å². The molecule has 6 heteroatoms. The Kier molecular flexibility index (Phi) is 4.59. The van der Waals surface area contributed by atoms with Crippen LogP contribution >= 0.6 is 11.3 Å². The molecule has 0 spiro atoms. The van der Waals surface area contributed by atoms with Crippen molar-refractivity contribution in [1.29, 1.82) is 0 Å². The van der Waals surface area contributed by atoms with Crippen LogP contribution in [0.25, 0.3) is 0 Å². The zero-order chi connectivity index (χ0) is 15.4. The summed E-state index contributed by atoms with van der Waals surface area (Å²) in [6.07, 6.45) is 0. The zero-order valence-corrected chi connectivity index (χ0v) is 12.6. The molecule has 1 heterocycles. The fourth-order valence-corrected chi connectivity index (χ4v) is 2.70. The van der Waals surface area contributed by atoms with Crippen molar-refractivity contribution in [3.8, 4) is 0 Å². The number of carbonyl (C=O) groups is 2. The van der Waals surface area contributed by atoms with Crippen LogP contribution in [-0.2, 0) is 6.54 Å². The predicted molar refractivity (Wildman–Crippen MR) is 83.1 cm³/mol. The van der Waals surface area contributed by atoms with Gasteiger partial charge in [0, 0.05) is 10.6 Å². The van der Waals surface area contributed by atoms with E-state index in [1.165, 1.54) is 6.07 Å². The average molecular weight is 304 g/mol. The molecule has 21 heavy (non-hydrogen) atoms. The van der Waals surface area contributed by atoms with Crippen LogP contribution in [0.3, 0.4) is 0 Å². The molecule has 0 bridgehead atoms. The van der Waals surface area contributed by atoms with E-state index in [0.29, 0.717) is 17.8 Å². The molecule has 110 valence electrons. The van der Waals surface area contributed by atoms with Gasteiger partial charge in [-0.25, -0.2) is 9.59 Å². The number of hydrogen-bond acceptors (Lipinski definition) is 3. The highest BCUT2D eigenvalue weighted by molar-refractivity contribution is 7.10. The molecule has 0 unspecified atom stereocenters. The summed E-state index contributed by atoms with van der Waals surface area (Å²) in [5.74, 6) is -1.01. The lowest BCUT2D eigenvalue weighted by molar-refractivity contribution is 0.0696. The number of anilines is 1. The van der Waals surface area contributed by atoms with Crippen molar-refractivity contribution in [2.75, 3.05) is 5.32 Å². The van der Waals surface area contributed by atoms with Gasteiger partial charge in [0.2, 0.25) is 0 Å². The molecule has 0 radical (unpaired) electrons.